The Balaban J connectivity index is 2.38. The van der Waals surface area contributed by atoms with Crippen molar-refractivity contribution in [3.8, 4) is 0 Å². The van der Waals surface area contributed by atoms with Gasteiger partial charge in [-0.15, -0.1) is 0 Å². The first-order valence-electron chi connectivity index (χ1n) is 5.30. The average molecular weight is 256 g/mol. The standard InChI is InChI=1S/C11H11Cl2N3/c1-5-6(2)15-16-10(13)8(7-3-4-7)9(12)14-11(5)16/h7H,3-4H2,1-2H3. The van der Waals surface area contributed by atoms with Gasteiger partial charge in [0.15, 0.2) is 5.65 Å². The molecule has 0 unspecified atom stereocenters. The molecule has 1 aliphatic rings. The Morgan fingerprint density at radius 2 is 1.94 bits per heavy atom. The second-order valence-electron chi connectivity index (χ2n) is 4.33. The minimum atomic E-state index is 0.474. The van der Waals surface area contributed by atoms with E-state index in [0.717, 1.165) is 35.3 Å². The normalized spacial score (nSPS) is 16.0. The second-order valence-corrected chi connectivity index (χ2v) is 5.04. The van der Waals surface area contributed by atoms with Gasteiger partial charge in [-0.05, 0) is 32.6 Å². The quantitative estimate of drug-likeness (QED) is 0.730. The molecule has 84 valence electrons. The van der Waals surface area contributed by atoms with Gasteiger partial charge in [-0.2, -0.15) is 5.10 Å². The van der Waals surface area contributed by atoms with Gasteiger partial charge in [0.2, 0.25) is 0 Å². The highest BCUT2D eigenvalue weighted by atomic mass is 35.5. The average Bonchev–Trinajstić information content (AvgIpc) is 3.00. The molecule has 16 heavy (non-hydrogen) atoms. The van der Waals surface area contributed by atoms with E-state index in [2.05, 4.69) is 10.1 Å². The zero-order valence-electron chi connectivity index (χ0n) is 9.09. The minimum absolute atomic E-state index is 0.474. The van der Waals surface area contributed by atoms with Crippen LogP contribution in [0.25, 0.3) is 5.65 Å². The first-order chi connectivity index (χ1) is 7.59. The Kier molecular flexibility index (Phi) is 2.17. The van der Waals surface area contributed by atoms with Crippen molar-refractivity contribution in [1.29, 1.82) is 0 Å². The Labute approximate surface area is 103 Å². The largest absolute Gasteiger partial charge is 0.216 e. The molecule has 2 aromatic heterocycles. The summed E-state index contributed by atoms with van der Waals surface area (Å²) in [5, 5.41) is 5.54. The van der Waals surface area contributed by atoms with Crippen molar-refractivity contribution in [2.75, 3.05) is 0 Å². The number of aromatic nitrogens is 3. The molecule has 5 heteroatoms. The molecular weight excluding hydrogens is 245 g/mol. The van der Waals surface area contributed by atoms with E-state index >= 15 is 0 Å². The van der Waals surface area contributed by atoms with Crippen LogP contribution in [0.3, 0.4) is 0 Å². The van der Waals surface area contributed by atoms with Crippen molar-refractivity contribution >= 4 is 28.8 Å². The van der Waals surface area contributed by atoms with E-state index in [9.17, 15) is 0 Å². The third-order valence-corrected chi connectivity index (χ3v) is 3.80. The maximum atomic E-state index is 6.34. The Morgan fingerprint density at radius 3 is 2.56 bits per heavy atom. The number of rotatable bonds is 1. The molecule has 1 fully saturated rings. The van der Waals surface area contributed by atoms with Crippen LogP contribution in [-0.4, -0.2) is 14.6 Å². The Hall–Kier alpha value is -0.800. The molecule has 3 nitrogen and oxygen atoms in total. The molecule has 2 aromatic rings. The predicted octanol–water partition coefficient (Wildman–Crippen LogP) is 3.53. The molecule has 0 bridgehead atoms. The number of hydrogen-bond acceptors (Lipinski definition) is 2. The number of aryl methyl sites for hydroxylation is 2. The molecule has 0 amide bonds. The fourth-order valence-corrected chi connectivity index (χ4v) is 2.66. The summed E-state index contributed by atoms with van der Waals surface area (Å²) in [5.74, 6) is 0.474. The SMILES string of the molecule is Cc1nn2c(Cl)c(C3CC3)c(Cl)nc2c1C. The van der Waals surface area contributed by atoms with Crippen LogP contribution in [0, 0.1) is 13.8 Å². The summed E-state index contributed by atoms with van der Waals surface area (Å²) in [6.45, 7) is 3.93. The van der Waals surface area contributed by atoms with E-state index < -0.39 is 0 Å². The van der Waals surface area contributed by atoms with Gasteiger partial charge >= 0.3 is 0 Å². The van der Waals surface area contributed by atoms with Crippen molar-refractivity contribution in [2.24, 2.45) is 0 Å². The summed E-state index contributed by atoms with van der Waals surface area (Å²) in [7, 11) is 0. The van der Waals surface area contributed by atoms with E-state index in [-0.39, 0.29) is 0 Å². The number of halogens is 2. The molecule has 0 spiro atoms. The molecule has 0 aliphatic heterocycles. The third kappa shape index (κ3) is 1.35. The zero-order chi connectivity index (χ0) is 11.4. The lowest BCUT2D eigenvalue weighted by Gasteiger charge is -2.06. The molecule has 3 rings (SSSR count). The van der Waals surface area contributed by atoms with Gasteiger partial charge in [0.25, 0.3) is 0 Å². The number of nitrogens with zero attached hydrogens (tertiary/aromatic N) is 3. The van der Waals surface area contributed by atoms with Crippen LogP contribution in [0.4, 0.5) is 0 Å². The Bertz CT molecular complexity index is 585. The lowest BCUT2D eigenvalue weighted by atomic mass is 10.2. The summed E-state index contributed by atoms with van der Waals surface area (Å²) >= 11 is 12.5. The van der Waals surface area contributed by atoms with Gasteiger partial charge in [0.05, 0.1) is 5.69 Å². The van der Waals surface area contributed by atoms with Gasteiger partial charge < -0.3 is 0 Å². The molecule has 0 radical (unpaired) electrons. The molecular formula is C11H11Cl2N3. The van der Waals surface area contributed by atoms with Gasteiger partial charge in [-0.25, -0.2) is 9.50 Å². The van der Waals surface area contributed by atoms with Crippen molar-refractivity contribution in [3.63, 3.8) is 0 Å². The summed E-state index contributed by atoms with van der Waals surface area (Å²) in [5.41, 5.74) is 3.69. The number of hydrogen-bond donors (Lipinski definition) is 0. The van der Waals surface area contributed by atoms with Gasteiger partial charge in [-0.1, -0.05) is 23.2 Å². The van der Waals surface area contributed by atoms with Crippen LogP contribution < -0.4 is 0 Å². The second kappa shape index (κ2) is 3.34. The number of fused-ring (bicyclic) bond motifs is 1. The first-order valence-corrected chi connectivity index (χ1v) is 6.06. The third-order valence-electron chi connectivity index (χ3n) is 3.15. The van der Waals surface area contributed by atoms with Crippen LogP contribution >= 0.6 is 23.2 Å². The van der Waals surface area contributed by atoms with Crippen molar-refractivity contribution < 1.29 is 0 Å². The van der Waals surface area contributed by atoms with Crippen LogP contribution in [0.1, 0.15) is 35.6 Å². The first kappa shape index (κ1) is 10.4. The lowest BCUT2D eigenvalue weighted by molar-refractivity contribution is 0.892. The molecule has 1 aliphatic carbocycles. The van der Waals surface area contributed by atoms with Crippen LogP contribution in [-0.2, 0) is 0 Å². The summed E-state index contributed by atoms with van der Waals surface area (Å²) in [6, 6.07) is 0. The molecule has 0 saturated heterocycles. The van der Waals surface area contributed by atoms with E-state index in [0.29, 0.717) is 16.2 Å². The molecule has 0 aromatic carbocycles. The van der Waals surface area contributed by atoms with Gasteiger partial charge in [0.1, 0.15) is 10.3 Å². The van der Waals surface area contributed by atoms with Crippen LogP contribution in [0.5, 0.6) is 0 Å². The highest BCUT2D eigenvalue weighted by molar-refractivity contribution is 6.35. The molecule has 2 heterocycles. The zero-order valence-corrected chi connectivity index (χ0v) is 10.6. The van der Waals surface area contributed by atoms with Crippen molar-refractivity contribution in [1.82, 2.24) is 14.6 Å². The molecule has 0 N–H and O–H groups in total. The van der Waals surface area contributed by atoms with E-state index in [1.165, 1.54) is 0 Å². The highest BCUT2D eigenvalue weighted by Crippen LogP contribution is 2.46. The topological polar surface area (TPSA) is 30.2 Å². The fraction of sp³-hybridized carbons (Fsp3) is 0.455. The summed E-state index contributed by atoms with van der Waals surface area (Å²) < 4.78 is 1.70. The van der Waals surface area contributed by atoms with Gasteiger partial charge in [0, 0.05) is 11.1 Å². The van der Waals surface area contributed by atoms with E-state index in [4.69, 9.17) is 23.2 Å². The fourth-order valence-electron chi connectivity index (χ4n) is 1.92. The molecule has 0 atom stereocenters. The van der Waals surface area contributed by atoms with Crippen molar-refractivity contribution in [3.05, 3.63) is 27.1 Å². The summed E-state index contributed by atoms with van der Waals surface area (Å²) in [4.78, 5) is 4.40. The van der Waals surface area contributed by atoms with Crippen LogP contribution in [0.2, 0.25) is 10.3 Å². The lowest BCUT2D eigenvalue weighted by Crippen LogP contribution is -1.99. The highest BCUT2D eigenvalue weighted by Gasteiger charge is 2.31. The predicted molar refractivity (Wildman–Crippen MR) is 64.5 cm³/mol. The maximum Gasteiger partial charge on any atom is 0.161 e. The Morgan fingerprint density at radius 1 is 1.25 bits per heavy atom. The minimum Gasteiger partial charge on any atom is -0.216 e. The van der Waals surface area contributed by atoms with Crippen LogP contribution in [0.15, 0.2) is 0 Å². The monoisotopic (exact) mass is 255 g/mol. The van der Waals surface area contributed by atoms with E-state index in [1.807, 2.05) is 13.8 Å². The smallest absolute Gasteiger partial charge is 0.161 e. The summed E-state index contributed by atoms with van der Waals surface area (Å²) in [6.07, 6.45) is 2.29. The molecule has 1 saturated carbocycles. The van der Waals surface area contributed by atoms with Crippen molar-refractivity contribution in [2.45, 2.75) is 32.6 Å². The van der Waals surface area contributed by atoms with Gasteiger partial charge in [-0.3, -0.25) is 0 Å². The maximum absolute atomic E-state index is 6.34. The van der Waals surface area contributed by atoms with E-state index in [1.54, 1.807) is 4.52 Å².